The molecule has 0 fully saturated rings. The topological polar surface area (TPSA) is 51.2 Å². The van der Waals surface area contributed by atoms with E-state index in [0.29, 0.717) is 0 Å². The van der Waals surface area contributed by atoms with Crippen molar-refractivity contribution in [3.63, 3.8) is 0 Å². The summed E-state index contributed by atoms with van der Waals surface area (Å²) in [4.78, 5) is 15.3. The van der Waals surface area contributed by atoms with E-state index in [1.54, 1.807) is 0 Å². The normalized spacial score (nSPS) is 10.2. The first-order chi connectivity index (χ1) is 9.51. The molecule has 7 heteroatoms. The number of esters is 1. The molecule has 2 rings (SSSR count). The number of methoxy groups -OCH3 is 1. The summed E-state index contributed by atoms with van der Waals surface area (Å²) in [5, 5.41) is 2.60. The highest BCUT2D eigenvalue weighted by Gasteiger charge is 2.11. The largest absolute Gasteiger partial charge is 0.465 e. The molecule has 1 N–H and O–H groups in total. The zero-order valence-electron chi connectivity index (χ0n) is 10.3. The van der Waals surface area contributed by atoms with Gasteiger partial charge in [0.05, 0.1) is 22.8 Å². The van der Waals surface area contributed by atoms with Crippen LogP contribution in [0.5, 0.6) is 0 Å². The number of hydrogen-bond acceptors (Lipinski definition) is 4. The van der Waals surface area contributed by atoms with Crippen LogP contribution in [0.1, 0.15) is 10.4 Å². The molecule has 0 bridgehead atoms. The number of nitrogens with one attached hydrogen (secondary N) is 1. The van der Waals surface area contributed by atoms with Gasteiger partial charge in [0.25, 0.3) is 0 Å². The number of benzene rings is 1. The van der Waals surface area contributed by atoms with Crippen LogP contribution in [0.25, 0.3) is 0 Å². The Kier molecular flexibility index (Phi) is 4.29. The molecule has 20 heavy (non-hydrogen) atoms. The van der Waals surface area contributed by atoms with Gasteiger partial charge >= 0.3 is 5.97 Å². The van der Waals surface area contributed by atoms with Crippen molar-refractivity contribution >= 4 is 33.4 Å². The smallest absolute Gasteiger partial charge is 0.338 e. The highest BCUT2D eigenvalue weighted by molar-refractivity contribution is 9.10. The minimum atomic E-state index is -0.649. The van der Waals surface area contributed by atoms with Crippen molar-refractivity contribution in [1.29, 1.82) is 0 Å². The molecule has 1 aromatic heterocycles. The van der Waals surface area contributed by atoms with Crippen molar-refractivity contribution in [2.45, 2.75) is 0 Å². The van der Waals surface area contributed by atoms with Gasteiger partial charge in [-0.3, -0.25) is 0 Å². The molecular formula is C13H9BrF2N2O2. The Labute approximate surface area is 121 Å². The van der Waals surface area contributed by atoms with Crippen LogP contribution in [0.3, 0.4) is 0 Å². The molecule has 104 valence electrons. The van der Waals surface area contributed by atoms with Crippen LogP contribution in [0.2, 0.25) is 0 Å². The molecule has 0 aliphatic rings. The summed E-state index contributed by atoms with van der Waals surface area (Å²) in [6, 6.07) is 4.83. The first-order valence-electron chi connectivity index (χ1n) is 5.47. The van der Waals surface area contributed by atoms with Crippen LogP contribution in [-0.2, 0) is 4.74 Å². The molecule has 1 heterocycles. The highest BCUT2D eigenvalue weighted by Crippen LogP contribution is 2.25. The predicted molar refractivity (Wildman–Crippen MR) is 72.9 cm³/mol. The Hall–Kier alpha value is -2.02. The van der Waals surface area contributed by atoms with E-state index in [1.165, 1.54) is 25.4 Å². The standard InChI is InChI=1S/C13H9BrF2N2O2/c1-20-13(19)7-2-3-17-12(4-7)18-11-6-9(15)8(14)5-10(11)16/h2-6H,1H3,(H,17,18). The van der Waals surface area contributed by atoms with Gasteiger partial charge in [0, 0.05) is 12.3 Å². The number of carbonyl (C=O) groups excluding carboxylic acids is 1. The maximum atomic E-state index is 13.7. The summed E-state index contributed by atoms with van der Waals surface area (Å²) in [5.41, 5.74) is 0.170. The van der Waals surface area contributed by atoms with Crippen molar-refractivity contribution in [3.8, 4) is 0 Å². The van der Waals surface area contributed by atoms with Gasteiger partial charge in [0.15, 0.2) is 0 Å². The first kappa shape index (κ1) is 14.4. The summed E-state index contributed by atoms with van der Waals surface area (Å²) in [5.74, 6) is -1.60. The van der Waals surface area contributed by atoms with Gasteiger partial charge in [-0.05, 0) is 34.1 Å². The van der Waals surface area contributed by atoms with E-state index < -0.39 is 17.6 Å². The highest BCUT2D eigenvalue weighted by atomic mass is 79.9. The van der Waals surface area contributed by atoms with Crippen LogP contribution in [0, 0.1) is 11.6 Å². The second-order valence-corrected chi connectivity index (χ2v) is 4.65. The molecule has 2 aromatic rings. The average Bonchev–Trinajstić information content (AvgIpc) is 2.44. The summed E-state index contributed by atoms with van der Waals surface area (Å²) in [6.45, 7) is 0. The maximum Gasteiger partial charge on any atom is 0.338 e. The number of pyridine rings is 1. The third-order valence-corrected chi connectivity index (χ3v) is 3.06. The third-order valence-electron chi connectivity index (χ3n) is 2.45. The van der Waals surface area contributed by atoms with Crippen LogP contribution in [-0.4, -0.2) is 18.1 Å². The Bertz CT molecular complexity index is 665. The van der Waals surface area contributed by atoms with E-state index in [-0.39, 0.29) is 21.5 Å². The fourth-order valence-corrected chi connectivity index (χ4v) is 1.82. The second-order valence-electron chi connectivity index (χ2n) is 3.79. The lowest BCUT2D eigenvalue weighted by Gasteiger charge is -2.08. The molecule has 0 unspecified atom stereocenters. The number of carbonyl (C=O) groups is 1. The van der Waals surface area contributed by atoms with Crippen molar-refractivity contribution < 1.29 is 18.3 Å². The lowest BCUT2D eigenvalue weighted by atomic mass is 10.2. The number of anilines is 2. The molecule has 0 aliphatic heterocycles. The summed E-state index contributed by atoms with van der Waals surface area (Å²) < 4.78 is 31.6. The van der Waals surface area contributed by atoms with Crippen LogP contribution in [0.15, 0.2) is 34.9 Å². The van der Waals surface area contributed by atoms with E-state index in [1.807, 2.05) is 0 Å². The first-order valence-corrected chi connectivity index (χ1v) is 6.26. The second kappa shape index (κ2) is 5.96. The molecule has 1 aromatic carbocycles. The molecule has 4 nitrogen and oxygen atoms in total. The van der Waals surface area contributed by atoms with E-state index in [0.717, 1.165) is 12.1 Å². The van der Waals surface area contributed by atoms with Crippen LogP contribution in [0.4, 0.5) is 20.3 Å². The minimum absolute atomic E-state index is 0.0248. The quantitative estimate of drug-likeness (QED) is 0.683. The molecular weight excluding hydrogens is 334 g/mol. The number of rotatable bonds is 3. The lowest BCUT2D eigenvalue weighted by molar-refractivity contribution is 0.0600. The van der Waals surface area contributed by atoms with E-state index in [2.05, 4.69) is 31.0 Å². The zero-order chi connectivity index (χ0) is 14.7. The molecule has 0 saturated carbocycles. The minimum Gasteiger partial charge on any atom is -0.465 e. The van der Waals surface area contributed by atoms with E-state index >= 15 is 0 Å². The Morgan fingerprint density at radius 1 is 1.30 bits per heavy atom. The van der Waals surface area contributed by atoms with Gasteiger partial charge in [-0.2, -0.15) is 0 Å². The summed E-state index contributed by atoms with van der Waals surface area (Å²) >= 11 is 2.89. The molecule has 0 saturated heterocycles. The number of ether oxygens (including phenoxy) is 1. The predicted octanol–water partition coefficient (Wildman–Crippen LogP) is 3.65. The summed E-state index contributed by atoms with van der Waals surface area (Å²) in [6.07, 6.45) is 1.36. The summed E-state index contributed by atoms with van der Waals surface area (Å²) in [7, 11) is 1.25. The average molecular weight is 343 g/mol. The number of aromatic nitrogens is 1. The molecule has 0 amide bonds. The molecule has 0 aliphatic carbocycles. The van der Waals surface area contributed by atoms with Crippen molar-refractivity contribution in [2.75, 3.05) is 12.4 Å². The van der Waals surface area contributed by atoms with Crippen molar-refractivity contribution in [2.24, 2.45) is 0 Å². The maximum absolute atomic E-state index is 13.7. The van der Waals surface area contributed by atoms with Crippen LogP contribution < -0.4 is 5.32 Å². The van der Waals surface area contributed by atoms with Gasteiger partial charge in [-0.15, -0.1) is 0 Å². The van der Waals surface area contributed by atoms with Gasteiger partial charge in [-0.25, -0.2) is 18.6 Å². The molecule has 0 atom stereocenters. The Morgan fingerprint density at radius 2 is 2.05 bits per heavy atom. The van der Waals surface area contributed by atoms with E-state index in [9.17, 15) is 13.6 Å². The van der Waals surface area contributed by atoms with Crippen molar-refractivity contribution in [3.05, 3.63) is 52.1 Å². The fraction of sp³-hybridized carbons (Fsp3) is 0.0769. The SMILES string of the molecule is COC(=O)c1ccnc(Nc2cc(F)c(Br)cc2F)c1. The van der Waals surface area contributed by atoms with Crippen molar-refractivity contribution in [1.82, 2.24) is 4.98 Å². The Balaban J connectivity index is 2.31. The lowest BCUT2D eigenvalue weighted by Crippen LogP contribution is -2.03. The third kappa shape index (κ3) is 3.11. The van der Waals surface area contributed by atoms with Crippen LogP contribution >= 0.6 is 15.9 Å². The Morgan fingerprint density at radius 3 is 2.75 bits per heavy atom. The number of nitrogens with zero attached hydrogens (tertiary/aromatic N) is 1. The van der Waals surface area contributed by atoms with Gasteiger partial charge in [0.1, 0.15) is 17.5 Å². The van der Waals surface area contributed by atoms with Gasteiger partial charge in [0.2, 0.25) is 0 Å². The van der Waals surface area contributed by atoms with Gasteiger partial charge in [-0.1, -0.05) is 0 Å². The molecule has 0 radical (unpaired) electrons. The van der Waals surface area contributed by atoms with E-state index in [4.69, 9.17) is 0 Å². The monoisotopic (exact) mass is 342 g/mol. The fourth-order valence-electron chi connectivity index (χ4n) is 1.50. The number of hydrogen-bond donors (Lipinski definition) is 1. The van der Waals surface area contributed by atoms with Gasteiger partial charge < -0.3 is 10.1 Å². The number of halogens is 3. The molecule has 0 spiro atoms. The zero-order valence-corrected chi connectivity index (χ0v) is 11.9.